The average molecular weight is 495 g/mol. The van der Waals surface area contributed by atoms with Gasteiger partial charge in [-0.15, -0.1) is 0 Å². The Kier molecular flexibility index (Phi) is 7.05. The van der Waals surface area contributed by atoms with Gasteiger partial charge >= 0.3 is 216 Å². The van der Waals surface area contributed by atoms with Crippen LogP contribution >= 0.6 is 18.9 Å². The van der Waals surface area contributed by atoms with Gasteiger partial charge in [0.05, 0.1) is 0 Å². The molecule has 0 aromatic heterocycles. The van der Waals surface area contributed by atoms with Crippen molar-refractivity contribution in [2.75, 3.05) is 0 Å². The molecule has 0 bridgehead atoms. The van der Waals surface area contributed by atoms with Crippen LogP contribution in [0.3, 0.4) is 0 Å². The van der Waals surface area contributed by atoms with E-state index in [2.05, 4.69) is 141 Å². The number of allylic oxidation sites excluding steroid dienone is 4. The van der Waals surface area contributed by atoms with Crippen molar-refractivity contribution in [2.24, 2.45) is 5.92 Å². The van der Waals surface area contributed by atoms with E-state index in [9.17, 15) is 0 Å². The second-order valence-corrected chi connectivity index (χ2v) is 14.3. The minimum atomic E-state index is -2.68. The van der Waals surface area contributed by atoms with E-state index in [1.54, 1.807) is 0 Å². The molecular weight excluding hydrogens is 463 g/mol. The fourth-order valence-electron chi connectivity index (χ4n) is 5.62. The van der Waals surface area contributed by atoms with Gasteiger partial charge in [0, 0.05) is 0 Å². The third-order valence-electron chi connectivity index (χ3n) is 7.27. The van der Waals surface area contributed by atoms with Gasteiger partial charge in [0.1, 0.15) is 0 Å². The van der Waals surface area contributed by atoms with Crippen molar-refractivity contribution in [2.45, 2.75) is 25.4 Å². The number of benzene rings is 4. The summed E-state index contributed by atoms with van der Waals surface area (Å²) in [6.45, 7) is 4.55. The predicted molar refractivity (Wildman–Crippen MR) is 157 cm³/mol. The summed E-state index contributed by atoms with van der Waals surface area (Å²) in [7, 11) is -2.68. The van der Waals surface area contributed by atoms with Crippen LogP contribution in [-0.4, -0.2) is 0 Å². The van der Waals surface area contributed by atoms with Crippen LogP contribution in [0.15, 0.2) is 133 Å². The molecule has 1 aliphatic rings. The number of hydrogen-bond donors (Lipinski definition) is 0. The molecule has 5 rings (SSSR count). The summed E-state index contributed by atoms with van der Waals surface area (Å²) < 4.78 is 0. The van der Waals surface area contributed by atoms with Crippen molar-refractivity contribution in [3.8, 4) is 0 Å². The van der Waals surface area contributed by atoms with E-state index in [1.165, 1.54) is 38.2 Å². The Morgan fingerprint density at radius 2 is 1.14 bits per heavy atom. The summed E-state index contributed by atoms with van der Waals surface area (Å²) >= 11 is 7.85. The second kappa shape index (κ2) is 10.4. The van der Waals surface area contributed by atoms with Gasteiger partial charge in [-0.1, -0.05) is 0 Å². The summed E-state index contributed by atoms with van der Waals surface area (Å²) in [4.78, 5) is 0. The molecule has 35 heavy (non-hydrogen) atoms. The molecule has 0 fully saturated rings. The van der Waals surface area contributed by atoms with Crippen LogP contribution in [0.25, 0.3) is 5.57 Å². The monoisotopic (exact) mass is 494 g/mol. The Morgan fingerprint density at radius 1 is 0.686 bits per heavy atom. The van der Waals surface area contributed by atoms with E-state index >= 15 is 0 Å². The van der Waals surface area contributed by atoms with Gasteiger partial charge in [-0.3, -0.25) is 0 Å². The van der Waals surface area contributed by atoms with Crippen molar-refractivity contribution >= 4 is 40.4 Å². The van der Waals surface area contributed by atoms with Crippen molar-refractivity contribution in [3.05, 3.63) is 144 Å². The molecule has 0 N–H and O–H groups in total. The molecule has 1 unspecified atom stereocenters. The molecule has 1 aliphatic carbocycles. The molecule has 0 saturated heterocycles. The maximum atomic E-state index is 7.85. The van der Waals surface area contributed by atoms with Gasteiger partial charge < -0.3 is 0 Å². The Hall–Kier alpha value is -2.92. The van der Waals surface area contributed by atoms with Crippen LogP contribution in [0.4, 0.5) is 0 Å². The van der Waals surface area contributed by atoms with Gasteiger partial charge in [0.2, 0.25) is 0 Å². The first-order valence-corrected chi connectivity index (χ1v) is 14.9. The van der Waals surface area contributed by atoms with Gasteiger partial charge in [-0.05, 0) is 0 Å². The number of halogens is 1. The molecule has 0 spiro atoms. The Bertz CT molecular complexity index is 1240. The van der Waals surface area contributed by atoms with E-state index in [0.717, 1.165) is 6.42 Å². The fraction of sp³-hybridized carbons (Fsp3) is 0.152. The van der Waals surface area contributed by atoms with Gasteiger partial charge in [0.25, 0.3) is 0 Å². The molecule has 4 aromatic rings. The van der Waals surface area contributed by atoms with E-state index in [1.807, 2.05) is 0 Å². The molecule has 176 valence electrons. The first-order valence-electron chi connectivity index (χ1n) is 12.4. The summed E-state index contributed by atoms with van der Waals surface area (Å²) in [5, 5.41) is 3.78. The maximum absolute atomic E-state index is 7.85. The van der Waals surface area contributed by atoms with Crippen LogP contribution < -0.4 is 15.9 Å². The van der Waals surface area contributed by atoms with Gasteiger partial charge in [-0.2, -0.15) is 0 Å². The summed E-state index contributed by atoms with van der Waals surface area (Å²) in [6, 6.07) is 41.6. The fourth-order valence-corrected chi connectivity index (χ4v) is 11.7. The molecule has 2 heteroatoms. The molecule has 0 nitrogen and oxygen atoms in total. The first-order chi connectivity index (χ1) is 17.1. The van der Waals surface area contributed by atoms with Crippen molar-refractivity contribution < 1.29 is 0 Å². The van der Waals surface area contributed by atoms with E-state index in [4.69, 9.17) is 11.6 Å². The third kappa shape index (κ3) is 4.42. The zero-order valence-corrected chi connectivity index (χ0v) is 22.1. The van der Waals surface area contributed by atoms with Crippen LogP contribution in [0, 0.1) is 5.92 Å². The SMILES string of the molecule is CC1=C(c2ccccc2[C@@H](Cl)[PH](c2ccccc2)(c2ccccc2)c2ccccc2)C=CC(C)C1. The van der Waals surface area contributed by atoms with E-state index in [-0.39, 0.29) is 5.12 Å². The third-order valence-corrected chi connectivity index (χ3v) is 13.3. The zero-order chi connectivity index (χ0) is 24.3. The molecule has 0 aliphatic heterocycles. The Morgan fingerprint density at radius 3 is 1.63 bits per heavy atom. The quantitative estimate of drug-likeness (QED) is 0.188. The standard InChI is InChI=1S/C33H32ClP/c1-25-22-23-30(26(2)24-25)31-20-12-13-21-32(31)33(34)35(27-14-6-3-7-15-27,28-16-8-4-9-17-28)29-18-10-5-11-19-29/h3-23,25,33,35H,24H2,1-2H3/t25?,33-/m0/s1. The summed E-state index contributed by atoms with van der Waals surface area (Å²) in [5.41, 5.74) is 5.22. The first kappa shape index (κ1) is 23.8. The van der Waals surface area contributed by atoms with E-state index in [0.29, 0.717) is 5.92 Å². The molecule has 0 saturated carbocycles. The molecule has 4 aromatic carbocycles. The molecule has 0 amide bonds. The van der Waals surface area contributed by atoms with Gasteiger partial charge in [-0.25, -0.2) is 0 Å². The molecule has 2 atom stereocenters. The number of rotatable bonds is 6. The Labute approximate surface area is 215 Å². The zero-order valence-electron chi connectivity index (χ0n) is 20.4. The van der Waals surface area contributed by atoms with Crippen molar-refractivity contribution in [1.29, 1.82) is 0 Å². The van der Waals surface area contributed by atoms with Crippen LogP contribution in [0.5, 0.6) is 0 Å². The topological polar surface area (TPSA) is 0 Å². The van der Waals surface area contributed by atoms with Crippen LogP contribution in [0.1, 0.15) is 36.5 Å². The van der Waals surface area contributed by atoms with Crippen molar-refractivity contribution in [3.63, 3.8) is 0 Å². The van der Waals surface area contributed by atoms with E-state index < -0.39 is 7.26 Å². The Balaban J connectivity index is 1.81. The summed E-state index contributed by atoms with van der Waals surface area (Å²) in [5.74, 6) is 0.573. The van der Waals surface area contributed by atoms with Gasteiger partial charge in [0.15, 0.2) is 0 Å². The molecular formula is C33H32ClP. The van der Waals surface area contributed by atoms with Crippen LogP contribution in [0.2, 0.25) is 0 Å². The second-order valence-electron chi connectivity index (χ2n) is 9.59. The average Bonchev–Trinajstić information content (AvgIpc) is 2.91. The predicted octanol–water partition coefficient (Wildman–Crippen LogP) is 8.02. The molecule has 0 heterocycles. The van der Waals surface area contributed by atoms with Crippen LogP contribution in [-0.2, 0) is 0 Å². The number of hydrogen-bond acceptors (Lipinski definition) is 0. The number of alkyl halides is 1. The normalized spacial score (nSPS) is 17.3. The minimum absolute atomic E-state index is 0.195. The van der Waals surface area contributed by atoms with Crippen molar-refractivity contribution in [1.82, 2.24) is 0 Å². The summed E-state index contributed by atoms with van der Waals surface area (Å²) in [6.07, 6.45) is 5.73. The molecule has 0 radical (unpaired) electrons.